The van der Waals surface area contributed by atoms with Crippen molar-refractivity contribution in [3.8, 4) is 10.6 Å². The van der Waals surface area contributed by atoms with Crippen LogP contribution in [0.25, 0.3) is 10.6 Å². The number of aryl methyl sites for hydroxylation is 1. The Labute approximate surface area is 104 Å². The Balaban J connectivity index is 2.15. The molecule has 0 radical (unpaired) electrons. The standard InChI is InChI=1S/C12H13ClN2S/c13-10-5-3-9(4-6-10)12-15-8-11(16-12)2-1-7-14/h3-6,8H,1-2,7,14H2. The molecule has 0 aliphatic carbocycles. The molecule has 2 aromatic rings. The molecule has 2 nitrogen and oxygen atoms in total. The SMILES string of the molecule is NCCCc1cnc(-c2ccc(Cl)cc2)s1. The molecule has 0 saturated carbocycles. The summed E-state index contributed by atoms with van der Waals surface area (Å²) in [5.74, 6) is 0. The van der Waals surface area contributed by atoms with Gasteiger partial charge in [-0.1, -0.05) is 23.7 Å². The van der Waals surface area contributed by atoms with Crippen LogP contribution in [-0.2, 0) is 6.42 Å². The van der Waals surface area contributed by atoms with Gasteiger partial charge in [-0.25, -0.2) is 4.98 Å². The van der Waals surface area contributed by atoms with E-state index in [1.165, 1.54) is 4.88 Å². The molecule has 4 heteroatoms. The van der Waals surface area contributed by atoms with Gasteiger partial charge in [0.2, 0.25) is 0 Å². The van der Waals surface area contributed by atoms with E-state index in [1.807, 2.05) is 30.5 Å². The molecule has 1 aromatic heterocycles. The number of thiazole rings is 1. The Morgan fingerprint density at radius 1 is 1.25 bits per heavy atom. The molecule has 0 saturated heterocycles. The fourth-order valence-electron chi connectivity index (χ4n) is 1.43. The molecule has 2 rings (SSSR count). The van der Waals surface area contributed by atoms with E-state index in [4.69, 9.17) is 17.3 Å². The molecule has 0 aliphatic heterocycles. The molecule has 1 aromatic carbocycles. The number of aromatic nitrogens is 1. The Hall–Kier alpha value is -0.900. The first-order valence-electron chi connectivity index (χ1n) is 5.20. The van der Waals surface area contributed by atoms with Crippen molar-refractivity contribution in [1.29, 1.82) is 0 Å². The highest BCUT2D eigenvalue weighted by Crippen LogP contribution is 2.26. The maximum absolute atomic E-state index is 5.84. The van der Waals surface area contributed by atoms with E-state index in [0.29, 0.717) is 0 Å². The monoisotopic (exact) mass is 252 g/mol. The highest BCUT2D eigenvalue weighted by molar-refractivity contribution is 7.15. The zero-order chi connectivity index (χ0) is 11.4. The van der Waals surface area contributed by atoms with E-state index in [1.54, 1.807) is 11.3 Å². The average molecular weight is 253 g/mol. The van der Waals surface area contributed by atoms with Gasteiger partial charge in [-0.3, -0.25) is 0 Å². The van der Waals surface area contributed by atoms with E-state index >= 15 is 0 Å². The summed E-state index contributed by atoms with van der Waals surface area (Å²) in [6.45, 7) is 0.730. The predicted molar refractivity (Wildman–Crippen MR) is 69.9 cm³/mol. The third kappa shape index (κ3) is 2.82. The number of benzene rings is 1. The molecule has 1 heterocycles. The van der Waals surface area contributed by atoms with Crippen LogP contribution >= 0.6 is 22.9 Å². The van der Waals surface area contributed by atoms with Gasteiger partial charge >= 0.3 is 0 Å². The van der Waals surface area contributed by atoms with E-state index in [9.17, 15) is 0 Å². The van der Waals surface area contributed by atoms with Gasteiger partial charge in [0.1, 0.15) is 5.01 Å². The van der Waals surface area contributed by atoms with Crippen LogP contribution in [0.4, 0.5) is 0 Å². The van der Waals surface area contributed by atoms with Crippen LogP contribution in [0.1, 0.15) is 11.3 Å². The van der Waals surface area contributed by atoms with Gasteiger partial charge < -0.3 is 5.73 Å². The molecular formula is C12H13ClN2S. The number of nitrogens with zero attached hydrogens (tertiary/aromatic N) is 1. The molecule has 0 atom stereocenters. The summed E-state index contributed by atoms with van der Waals surface area (Å²) in [7, 11) is 0. The van der Waals surface area contributed by atoms with Gasteiger partial charge in [-0.05, 0) is 31.5 Å². The van der Waals surface area contributed by atoms with E-state index < -0.39 is 0 Å². The second-order valence-corrected chi connectivity index (χ2v) is 5.08. The Morgan fingerprint density at radius 2 is 2.00 bits per heavy atom. The van der Waals surface area contributed by atoms with Crippen molar-refractivity contribution in [2.45, 2.75) is 12.8 Å². The van der Waals surface area contributed by atoms with Crippen molar-refractivity contribution < 1.29 is 0 Å². The zero-order valence-corrected chi connectivity index (χ0v) is 10.4. The molecule has 84 valence electrons. The fraction of sp³-hybridized carbons (Fsp3) is 0.250. The van der Waals surface area contributed by atoms with Crippen molar-refractivity contribution in [2.75, 3.05) is 6.54 Å². The summed E-state index contributed by atoms with van der Waals surface area (Å²) in [5.41, 5.74) is 6.60. The van der Waals surface area contributed by atoms with Crippen LogP contribution in [0.15, 0.2) is 30.5 Å². The minimum atomic E-state index is 0.730. The van der Waals surface area contributed by atoms with Crippen LogP contribution in [0.2, 0.25) is 5.02 Å². The average Bonchev–Trinajstić information content (AvgIpc) is 2.76. The van der Waals surface area contributed by atoms with Gasteiger partial charge in [0, 0.05) is 21.7 Å². The van der Waals surface area contributed by atoms with Gasteiger partial charge in [-0.2, -0.15) is 0 Å². The zero-order valence-electron chi connectivity index (χ0n) is 8.82. The summed E-state index contributed by atoms with van der Waals surface area (Å²) in [5, 5.41) is 1.80. The predicted octanol–water partition coefficient (Wildman–Crippen LogP) is 3.35. The first-order chi connectivity index (χ1) is 7.79. The summed E-state index contributed by atoms with van der Waals surface area (Å²) in [6.07, 6.45) is 3.97. The summed E-state index contributed by atoms with van der Waals surface area (Å²) in [4.78, 5) is 5.69. The topological polar surface area (TPSA) is 38.9 Å². The lowest BCUT2D eigenvalue weighted by atomic mass is 10.2. The molecular weight excluding hydrogens is 240 g/mol. The minimum absolute atomic E-state index is 0.730. The molecule has 2 N–H and O–H groups in total. The Kier molecular flexibility index (Phi) is 3.93. The van der Waals surface area contributed by atoms with E-state index in [-0.39, 0.29) is 0 Å². The van der Waals surface area contributed by atoms with Crippen molar-refractivity contribution in [3.05, 3.63) is 40.4 Å². The van der Waals surface area contributed by atoms with Crippen molar-refractivity contribution in [3.63, 3.8) is 0 Å². The third-order valence-electron chi connectivity index (χ3n) is 2.27. The van der Waals surface area contributed by atoms with Crippen LogP contribution in [0, 0.1) is 0 Å². The van der Waals surface area contributed by atoms with Crippen molar-refractivity contribution in [2.24, 2.45) is 5.73 Å². The second-order valence-electron chi connectivity index (χ2n) is 3.53. The molecule has 0 aliphatic rings. The van der Waals surface area contributed by atoms with Gasteiger partial charge in [-0.15, -0.1) is 11.3 Å². The number of hydrogen-bond acceptors (Lipinski definition) is 3. The lowest BCUT2D eigenvalue weighted by molar-refractivity contribution is 0.841. The molecule has 16 heavy (non-hydrogen) atoms. The van der Waals surface area contributed by atoms with Crippen molar-refractivity contribution >= 4 is 22.9 Å². The number of halogens is 1. The highest BCUT2D eigenvalue weighted by Gasteiger charge is 2.04. The molecule has 0 unspecified atom stereocenters. The Morgan fingerprint density at radius 3 is 2.69 bits per heavy atom. The molecule has 0 fully saturated rings. The maximum atomic E-state index is 5.84. The third-order valence-corrected chi connectivity index (χ3v) is 3.63. The lowest BCUT2D eigenvalue weighted by Crippen LogP contribution is -1.99. The van der Waals surface area contributed by atoms with Crippen LogP contribution in [-0.4, -0.2) is 11.5 Å². The van der Waals surface area contributed by atoms with Gasteiger partial charge in [0.15, 0.2) is 0 Å². The fourth-order valence-corrected chi connectivity index (χ4v) is 2.51. The summed E-state index contributed by atoms with van der Waals surface area (Å²) >= 11 is 7.56. The van der Waals surface area contributed by atoms with Crippen molar-refractivity contribution in [1.82, 2.24) is 4.98 Å². The smallest absolute Gasteiger partial charge is 0.123 e. The largest absolute Gasteiger partial charge is 0.330 e. The van der Waals surface area contributed by atoms with Crippen LogP contribution in [0.3, 0.4) is 0 Å². The number of hydrogen-bond donors (Lipinski definition) is 1. The van der Waals surface area contributed by atoms with Crippen LogP contribution < -0.4 is 5.73 Å². The number of nitrogens with two attached hydrogens (primary N) is 1. The quantitative estimate of drug-likeness (QED) is 0.906. The highest BCUT2D eigenvalue weighted by atomic mass is 35.5. The first kappa shape index (κ1) is 11.6. The summed E-state index contributed by atoms with van der Waals surface area (Å²) < 4.78 is 0. The van der Waals surface area contributed by atoms with Gasteiger partial charge in [0.05, 0.1) is 0 Å². The lowest BCUT2D eigenvalue weighted by Gasteiger charge is -1.95. The molecule has 0 bridgehead atoms. The van der Waals surface area contributed by atoms with E-state index in [0.717, 1.165) is 35.0 Å². The van der Waals surface area contributed by atoms with E-state index in [2.05, 4.69) is 4.98 Å². The Bertz CT molecular complexity index is 450. The first-order valence-corrected chi connectivity index (χ1v) is 6.40. The molecule has 0 amide bonds. The summed E-state index contributed by atoms with van der Waals surface area (Å²) in [6, 6.07) is 7.76. The van der Waals surface area contributed by atoms with Crippen LogP contribution in [0.5, 0.6) is 0 Å². The maximum Gasteiger partial charge on any atom is 0.123 e. The number of rotatable bonds is 4. The van der Waals surface area contributed by atoms with Gasteiger partial charge in [0.25, 0.3) is 0 Å². The minimum Gasteiger partial charge on any atom is -0.330 e. The molecule has 0 spiro atoms. The second kappa shape index (κ2) is 5.43. The normalized spacial score (nSPS) is 10.6.